The molecule has 1 aliphatic carbocycles. The van der Waals surface area contributed by atoms with Gasteiger partial charge in [0, 0.05) is 39.0 Å². The van der Waals surface area contributed by atoms with Gasteiger partial charge < -0.3 is 13.7 Å². The van der Waals surface area contributed by atoms with Gasteiger partial charge in [-0.1, -0.05) is 99.5 Å². The Morgan fingerprint density at radius 2 is 1.13 bits per heavy atom. The maximum Gasteiger partial charge on any atom is 0.416 e. The van der Waals surface area contributed by atoms with Crippen LogP contribution in [-0.4, -0.2) is 14.8 Å². The Kier molecular flexibility index (Phi) is 6.99. The molecule has 264 valence electrons. The van der Waals surface area contributed by atoms with Crippen LogP contribution in [0.25, 0.3) is 65.4 Å². The van der Waals surface area contributed by atoms with Crippen LogP contribution >= 0.6 is 0 Å². The molecule has 0 spiro atoms. The molecule has 3 nitrogen and oxygen atoms in total. The van der Waals surface area contributed by atoms with E-state index in [4.69, 9.17) is 0 Å². The predicted molar refractivity (Wildman–Crippen MR) is 215 cm³/mol. The van der Waals surface area contributed by atoms with Crippen molar-refractivity contribution in [3.63, 3.8) is 0 Å². The molecular weight excluding hydrogens is 664 g/mol. The summed E-state index contributed by atoms with van der Waals surface area (Å²) in [5.41, 5.74) is 9.56. The van der Waals surface area contributed by atoms with Gasteiger partial charge in [0.15, 0.2) is 0 Å². The quantitative estimate of drug-likeness (QED) is 0.132. The molecule has 0 bridgehead atoms. The summed E-state index contributed by atoms with van der Waals surface area (Å²) in [5, 5.41) is 7.32. The van der Waals surface area contributed by atoms with Crippen LogP contribution in [0.15, 0.2) is 127 Å². The third kappa shape index (κ3) is 4.80. The second-order valence-electron chi connectivity index (χ2n) is 15.9. The van der Waals surface area contributed by atoms with Crippen molar-refractivity contribution < 1.29 is 13.2 Å². The molecule has 53 heavy (non-hydrogen) atoms. The van der Waals surface area contributed by atoms with E-state index in [0.717, 1.165) is 65.4 Å². The second-order valence-corrected chi connectivity index (χ2v) is 15.9. The Labute approximate surface area is 305 Å². The molecule has 9 aromatic rings. The number of alkyl halides is 3. The van der Waals surface area contributed by atoms with E-state index < -0.39 is 11.7 Å². The van der Waals surface area contributed by atoms with Crippen molar-refractivity contribution in [3.05, 3.63) is 132 Å². The van der Waals surface area contributed by atoms with Gasteiger partial charge in [-0.05, 0) is 96.5 Å². The van der Waals surface area contributed by atoms with Crippen LogP contribution < -0.4 is 4.90 Å². The topological polar surface area (TPSA) is 12.1 Å². The van der Waals surface area contributed by atoms with Gasteiger partial charge in [-0.2, -0.15) is 13.2 Å². The number of nitrogens with zero attached hydrogens (tertiary/aromatic N) is 3. The largest absolute Gasteiger partial charge is 0.416 e. The highest BCUT2D eigenvalue weighted by molar-refractivity contribution is 6.37. The first-order chi connectivity index (χ1) is 25.6. The second kappa shape index (κ2) is 11.5. The van der Waals surface area contributed by atoms with Crippen LogP contribution in [0, 0.1) is 5.41 Å². The third-order valence-corrected chi connectivity index (χ3v) is 11.8. The van der Waals surface area contributed by atoms with E-state index in [2.05, 4.69) is 132 Å². The lowest BCUT2D eigenvalue weighted by molar-refractivity contribution is -0.137. The number of hydrogen-bond acceptors (Lipinski definition) is 1. The molecule has 10 rings (SSSR count). The summed E-state index contributed by atoms with van der Waals surface area (Å²) in [6.07, 6.45) is 3.02. The molecule has 0 saturated carbocycles. The average Bonchev–Trinajstić information content (AvgIpc) is 3.66. The van der Waals surface area contributed by atoms with Crippen LogP contribution in [0.3, 0.4) is 0 Å². The molecule has 3 heterocycles. The van der Waals surface area contributed by atoms with E-state index in [-0.39, 0.29) is 11.5 Å². The van der Waals surface area contributed by atoms with Crippen molar-refractivity contribution in [3.8, 4) is 0 Å². The molecule has 0 fully saturated rings. The first kappa shape index (κ1) is 32.2. The number of aromatic nitrogens is 2. The summed E-state index contributed by atoms with van der Waals surface area (Å²) < 4.78 is 46.3. The fourth-order valence-corrected chi connectivity index (χ4v) is 9.41. The lowest BCUT2D eigenvalue weighted by atomic mass is 9.80. The van der Waals surface area contributed by atoms with Crippen molar-refractivity contribution >= 4 is 76.8 Å². The number of halogens is 3. The van der Waals surface area contributed by atoms with E-state index >= 15 is 0 Å². The lowest BCUT2D eigenvalue weighted by Gasteiger charge is -2.36. The van der Waals surface area contributed by atoms with Crippen molar-refractivity contribution in [1.82, 2.24) is 8.80 Å². The third-order valence-electron chi connectivity index (χ3n) is 11.8. The number of para-hydroxylation sites is 3. The van der Waals surface area contributed by atoms with Crippen LogP contribution in [0.4, 0.5) is 24.5 Å². The molecule has 6 aromatic carbocycles. The smallest absolute Gasteiger partial charge is 0.338 e. The van der Waals surface area contributed by atoms with Gasteiger partial charge in [0.2, 0.25) is 0 Å². The molecule has 1 unspecified atom stereocenters. The number of anilines is 2. The highest BCUT2D eigenvalue weighted by atomic mass is 19.4. The van der Waals surface area contributed by atoms with Gasteiger partial charge in [-0.25, -0.2) is 0 Å². The summed E-state index contributed by atoms with van der Waals surface area (Å²) >= 11 is 0. The Bertz CT molecular complexity index is 2860. The molecular formula is C47H40F3N3. The Morgan fingerprint density at radius 3 is 1.75 bits per heavy atom. The van der Waals surface area contributed by atoms with Gasteiger partial charge in [0.25, 0.3) is 0 Å². The lowest BCUT2D eigenvalue weighted by Crippen LogP contribution is -2.32. The normalized spacial score (nSPS) is 16.4. The van der Waals surface area contributed by atoms with Gasteiger partial charge in [-0.15, -0.1) is 0 Å². The minimum absolute atomic E-state index is 0.0681. The standard InChI is InChI=1S/C47H40F3N3/c1-46(2,3)29-12-4-5-13-31(23-20-29)51(32-24-21-30(22-25-32)47(48,49)50)33-26-27-37-41(28-33)53-40-19-11-10-18-39(40)52-38-17-9-8-16-36(38)42-34-14-6-7-15-35(34)43(37)45(53)44(42)52/h6-11,14-22,24-28,31H,4-5,12-13,23H2,1-3H3. The van der Waals surface area contributed by atoms with Crippen LogP contribution in [0.2, 0.25) is 0 Å². The first-order valence-electron chi connectivity index (χ1n) is 18.8. The highest BCUT2D eigenvalue weighted by Gasteiger charge is 2.32. The van der Waals surface area contributed by atoms with E-state index in [1.54, 1.807) is 12.1 Å². The maximum atomic E-state index is 13.8. The molecule has 0 amide bonds. The number of allylic oxidation sites excluding steroid dienone is 1. The number of fused-ring (bicyclic) bond motifs is 12. The zero-order chi connectivity index (χ0) is 36.2. The van der Waals surface area contributed by atoms with Gasteiger partial charge >= 0.3 is 6.18 Å². The molecule has 1 aliphatic rings. The summed E-state index contributed by atoms with van der Waals surface area (Å²) in [6, 6.07) is 38.7. The fourth-order valence-electron chi connectivity index (χ4n) is 9.41. The maximum absolute atomic E-state index is 13.8. The number of benzene rings is 6. The summed E-state index contributed by atoms with van der Waals surface area (Å²) in [5.74, 6) is 0. The SMILES string of the molecule is CC(C)(C)C1=CCC(N(c2ccc(C(F)(F)F)cc2)c2ccc3c4c5ccccc5c5c6ccccc6n6c7ccccc7n(c3c2)c4c56)CCCC1. The summed E-state index contributed by atoms with van der Waals surface area (Å²) in [4.78, 5) is 2.31. The Hall–Kier alpha value is -5.49. The predicted octanol–water partition coefficient (Wildman–Crippen LogP) is 13.9. The minimum Gasteiger partial charge on any atom is -0.338 e. The zero-order valence-corrected chi connectivity index (χ0v) is 30.1. The van der Waals surface area contributed by atoms with E-state index in [1.165, 1.54) is 61.2 Å². The fraction of sp³-hybridized carbons (Fsp3) is 0.234. The van der Waals surface area contributed by atoms with E-state index in [9.17, 15) is 13.2 Å². The molecule has 0 N–H and O–H groups in total. The van der Waals surface area contributed by atoms with Crippen molar-refractivity contribution in [2.24, 2.45) is 5.41 Å². The minimum atomic E-state index is -4.40. The molecule has 0 radical (unpaired) electrons. The van der Waals surface area contributed by atoms with Crippen LogP contribution in [0.5, 0.6) is 0 Å². The summed E-state index contributed by atoms with van der Waals surface area (Å²) in [7, 11) is 0. The Balaban J connectivity index is 1.29. The monoisotopic (exact) mass is 703 g/mol. The molecule has 1 atom stereocenters. The molecule has 0 saturated heterocycles. The number of hydrogen-bond donors (Lipinski definition) is 0. The zero-order valence-electron chi connectivity index (χ0n) is 30.1. The molecule has 6 heteroatoms. The van der Waals surface area contributed by atoms with Crippen molar-refractivity contribution in [1.29, 1.82) is 0 Å². The van der Waals surface area contributed by atoms with Crippen LogP contribution in [-0.2, 0) is 6.18 Å². The van der Waals surface area contributed by atoms with E-state index in [1.807, 2.05) is 0 Å². The van der Waals surface area contributed by atoms with Gasteiger partial charge in [0.05, 0.1) is 38.7 Å². The van der Waals surface area contributed by atoms with Crippen molar-refractivity contribution in [2.45, 2.75) is 65.1 Å². The molecule has 3 aromatic heterocycles. The first-order valence-corrected chi connectivity index (χ1v) is 18.8. The van der Waals surface area contributed by atoms with Crippen LogP contribution in [0.1, 0.15) is 58.4 Å². The van der Waals surface area contributed by atoms with Gasteiger partial charge in [-0.3, -0.25) is 0 Å². The van der Waals surface area contributed by atoms with E-state index in [0.29, 0.717) is 0 Å². The molecule has 0 aliphatic heterocycles. The average molecular weight is 704 g/mol. The van der Waals surface area contributed by atoms with Gasteiger partial charge in [0.1, 0.15) is 0 Å². The number of rotatable bonds is 3. The van der Waals surface area contributed by atoms with Crippen molar-refractivity contribution in [2.75, 3.05) is 4.90 Å². The Morgan fingerprint density at radius 1 is 0.585 bits per heavy atom. The summed E-state index contributed by atoms with van der Waals surface area (Å²) in [6.45, 7) is 6.83. The highest BCUT2D eigenvalue weighted by Crippen LogP contribution is 2.48.